The highest BCUT2D eigenvalue weighted by Gasteiger charge is 2.21. The van der Waals surface area contributed by atoms with E-state index in [0.717, 1.165) is 16.5 Å². The molecule has 4 rings (SSSR count). The standard InChI is InChI=1S/C19H14N4O2/c24-19(25)18-15(12-23-11-10-20-22-23)17(13-6-2-1-3-7-13)14-8-4-5-9-16(14)21-18/h1-11H,12H2,(H,24,25). The van der Waals surface area contributed by atoms with Crippen molar-refractivity contribution in [2.24, 2.45) is 0 Å². The highest BCUT2D eigenvalue weighted by molar-refractivity contribution is 6.01. The first-order valence-corrected chi connectivity index (χ1v) is 7.78. The molecule has 0 saturated heterocycles. The third kappa shape index (κ3) is 2.74. The summed E-state index contributed by atoms with van der Waals surface area (Å²) in [6.45, 7) is 0.281. The van der Waals surface area contributed by atoms with E-state index in [1.807, 2.05) is 54.6 Å². The number of fused-ring (bicyclic) bond motifs is 1. The SMILES string of the molecule is O=C(O)c1nc2ccccc2c(-c2ccccc2)c1Cn1ccnn1. The zero-order valence-electron chi connectivity index (χ0n) is 13.2. The molecule has 0 aliphatic heterocycles. The molecule has 4 aromatic rings. The topological polar surface area (TPSA) is 80.9 Å². The summed E-state index contributed by atoms with van der Waals surface area (Å²) in [5.41, 5.74) is 3.11. The van der Waals surface area contributed by atoms with Gasteiger partial charge in [-0.05, 0) is 17.2 Å². The molecule has 1 N–H and O–H groups in total. The Morgan fingerprint density at radius 3 is 2.52 bits per heavy atom. The van der Waals surface area contributed by atoms with Crippen LogP contribution in [0.3, 0.4) is 0 Å². The van der Waals surface area contributed by atoms with E-state index in [1.54, 1.807) is 17.1 Å². The molecule has 0 unspecified atom stereocenters. The molecule has 25 heavy (non-hydrogen) atoms. The second kappa shape index (κ2) is 6.16. The van der Waals surface area contributed by atoms with Crippen LogP contribution < -0.4 is 0 Å². The van der Waals surface area contributed by atoms with Crippen molar-refractivity contribution in [2.75, 3.05) is 0 Å². The van der Waals surface area contributed by atoms with Crippen molar-refractivity contribution in [3.8, 4) is 11.1 Å². The molecule has 0 radical (unpaired) electrons. The third-order valence-electron chi connectivity index (χ3n) is 4.05. The minimum atomic E-state index is -1.06. The minimum absolute atomic E-state index is 0.0352. The van der Waals surface area contributed by atoms with Gasteiger partial charge in [0.05, 0.1) is 18.3 Å². The molecule has 0 saturated carbocycles. The molecule has 6 heteroatoms. The number of aromatic carboxylic acids is 1. The van der Waals surface area contributed by atoms with Crippen molar-refractivity contribution in [3.05, 3.63) is 78.2 Å². The Morgan fingerprint density at radius 2 is 1.80 bits per heavy atom. The summed E-state index contributed by atoms with van der Waals surface area (Å²) in [7, 11) is 0. The lowest BCUT2D eigenvalue weighted by Crippen LogP contribution is -2.12. The number of carboxylic acid groups (broad SMARTS) is 1. The van der Waals surface area contributed by atoms with E-state index in [4.69, 9.17) is 0 Å². The van der Waals surface area contributed by atoms with E-state index in [9.17, 15) is 9.90 Å². The van der Waals surface area contributed by atoms with E-state index in [0.29, 0.717) is 11.1 Å². The van der Waals surface area contributed by atoms with Crippen LogP contribution in [0.15, 0.2) is 67.0 Å². The number of benzene rings is 2. The molecule has 122 valence electrons. The van der Waals surface area contributed by atoms with Crippen LogP contribution in [-0.2, 0) is 6.54 Å². The van der Waals surface area contributed by atoms with Gasteiger partial charge in [0.25, 0.3) is 0 Å². The molecule has 0 atom stereocenters. The largest absolute Gasteiger partial charge is 0.477 e. The number of rotatable bonds is 4. The fraction of sp³-hybridized carbons (Fsp3) is 0.0526. The predicted octanol–water partition coefficient (Wildman–Crippen LogP) is 3.24. The quantitative estimate of drug-likeness (QED) is 0.621. The molecule has 0 aliphatic rings. The molecule has 2 heterocycles. The minimum Gasteiger partial charge on any atom is -0.477 e. The van der Waals surface area contributed by atoms with E-state index >= 15 is 0 Å². The van der Waals surface area contributed by atoms with Crippen LogP contribution in [0, 0.1) is 0 Å². The van der Waals surface area contributed by atoms with Gasteiger partial charge in [0.1, 0.15) is 0 Å². The number of nitrogens with zero attached hydrogens (tertiary/aromatic N) is 4. The van der Waals surface area contributed by atoms with Crippen molar-refractivity contribution in [3.63, 3.8) is 0 Å². The van der Waals surface area contributed by atoms with Crippen LogP contribution in [0.4, 0.5) is 0 Å². The predicted molar refractivity (Wildman–Crippen MR) is 93.3 cm³/mol. The Bertz CT molecular complexity index is 1040. The highest BCUT2D eigenvalue weighted by Crippen LogP contribution is 2.33. The van der Waals surface area contributed by atoms with Crippen LogP contribution in [0.2, 0.25) is 0 Å². The molecule has 6 nitrogen and oxygen atoms in total. The van der Waals surface area contributed by atoms with Crippen molar-refractivity contribution in [2.45, 2.75) is 6.54 Å². The van der Waals surface area contributed by atoms with Crippen molar-refractivity contribution in [1.29, 1.82) is 0 Å². The lowest BCUT2D eigenvalue weighted by Gasteiger charge is -2.15. The fourth-order valence-electron chi connectivity index (χ4n) is 3.00. The van der Waals surface area contributed by atoms with Gasteiger partial charge >= 0.3 is 5.97 Å². The molecular formula is C19H14N4O2. The molecule has 0 bridgehead atoms. The first-order valence-electron chi connectivity index (χ1n) is 7.78. The number of hydrogen-bond donors (Lipinski definition) is 1. The fourth-order valence-corrected chi connectivity index (χ4v) is 3.00. The Labute approximate surface area is 143 Å². The van der Waals surface area contributed by atoms with Gasteiger partial charge in [-0.15, -0.1) is 5.10 Å². The summed E-state index contributed by atoms with van der Waals surface area (Å²) in [6, 6.07) is 17.3. The summed E-state index contributed by atoms with van der Waals surface area (Å²) < 4.78 is 1.60. The van der Waals surface area contributed by atoms with Crippen molar-refractivity contribution in [1.82, 2.24) is 20.0 Å². The molecule has 0 fully saturated rings. The Balaban J connectivity index is 2.08. The smallest absolute Gasteiger partial charge is 0.354 e. The Hall–Kier alpha value is -3.54. The summed E-state index contributed by atoms with van der Waals surface area (Å²) in [5, 5.41) is 18.4. The lowest BCUT2D eigenvalue weighted by molar-refractivity contribution is 0.0689. The third-order valence-corrected chi connectivity index (χ3v) is 4.05. The maximum atomic E-state index is 11.9. The van der Waals surface area contributed by atoms with Crippen molar-refractivity contribution < 1.29 is 9.90 Å². The van der Waals surface area contributed by atoms with Gasteiger partial charge in [0.15, 0.2) is 5.69 Å². The van der Waals surface area contributed by atoms with E-state index in [1.165, 1.54) is 0 Å². The van der Waals surface area contributed by atoms with Gasteiger partial charge in [0, 0.05) is 17.1 Å². The summed E-state index contributed by atoms with van der Waals surface area (Å²) in [6.07, 6.45) is 3.27. The summed E-state index contributed by atoms with van der Waals surface area (Å²) >= 11 is 0. The van der Waals surface area contributed by atoms with Crippen LogP contribution in [-0.4, -0.2) is 31.1 Å². The number of pyridine rings is 1. The van der Waals surface area contributed by atoms with Crippen molar-refractivity contribution >= 4 is 16.9 Å². The lowest BCUT2D eigenvalue weighted by atomic mass is 9.94. The summed E-state index contributed by atoms with van der Waals surface area (Å²) in [5.74, 6) is -1.06. The number of aromatic nitrogens is 4. The Kier molecular flexibility index (Phi) is 3.70. The zero-order valence-corrected chi connectivity index (χ0v) is 13.2. The second-order valence-corrected chi connectivity index (χ2v) is 5.60. The maximum Gasteiger partial charge on any atom is 0.354 e. The number of para-hydroxylation sites is 1. The number of carboxylic acids is 1. The number of carbonyl (C=O) groups is 1. The van der Waals surface area contributed by atoms with Gasteiger partial charge < -0.3 is 5.11 Å². The molecule has 2 aromatic carbocycles. The monoisotopic (exact) mass is 330 g/mol. The van der Waals surface area contributed by atoms with Crippen LogP contribution in [0.5, 0.6) is 0 Å². The van der Waals surface area contributed by atoms with Gasteiger partial charge in [-0.1, -0.05) is 53.7 Å². The Morgan fingerprint density at radius 1 is 1.04 bits per heavy atom. The first kappa shape index (κ1) is 15.0. The molecule has 2 aromatic heterocycles. The molecule has 0 spiro atoms. The van der Waals surface area contributed by atoms with Gasteiger partial charge in [0.2, 0.25) is 0 Å². The van der Waals surface area contributed by atoms with E-state index in [-0.39, 0.29) is 12.2 Å². The zero-order chi connectivity index (χ0) is 17.2. The number of hydrogen-bond acceptors (Lipinski definition) is 4. The second-order valence-electron chi connectivity index (χ2n) is 5.60. The average molecular weight is 330 g/mol. The molecular weight excluding hydrogens is 316 g/mol. The van der Waals surface area contributed by atoms with Crippen LogP contribution >= 0.6 is 0 Å². The van der Waals surface area contributed by atoms with Crippen LogP contribution in [0.1, 0.15) is 16.1 Å². The molecule has 0 aliphatic carbocycles. The van der Waals surface area contributed by atoms with Gasteiger partial charge in [-0.2, -0.15) is 0 Å². The summed E-state index contributed by atoms with van der Waals surface area (Å²) in [4.78, 5) is 16.2. The van der Waals surface area contributed by atoms with Gasteiger partial charge in [-0.25, -0.2) is 14.5 Å². The average Bonchev–Trinajstić information content (AvgIpc) is 3.15. The van der Waals surface area contributed by atoms with Crippen LogP contribution in [0.25, 0.3) is 22.0 Å². The maximum absolute atomic E-state index is 11.9. The normalized spacial score (nSPS) is 10.9. The van der Waals surface area contributed by atoms with E-state index in [2.05, 4.69) is 15.3 Å². The van der Waals surface area contributed by atoms with E-state index < -0.39 is 5.97 Å². The first-order chi connectivity index (χ1) is 12.2. The highest BCUT2D eigenvalue weighted by atomic mass is 16.4. The van der Waals surface area contributed by atoms with Gasteiger partial charge in [-0.3, -0.25) is 0 Å². The molecule has 0 amide bonds.